The van der Waals surface area contributed by atoms with E-state index < -0.39 is 0 Å². The van der Waals surface area contributed by atoms with Gasteiger partial charge in [-0.05, 0) is 25.0 Å². The fourth-order valence-electron chi connectivity index (χ4n) is 3.61. The van der Waals surface area contributed by atoms with E-state index in [-0.39, 0.29) is 12.2 Å². The van der Waals surface area contributed by atoms with Gasteiger partial charge in [0.1, 0.15) is 17.4 Å². The number of rotatable bonds is 3. The summed E-state index contributed by atoms with van der Waals surface area (Å²) in [5.41, 5.74) is 0.916. The Balaban J connectivity index is 1.38. The minimum atomic E-state index is 0.126. The van der Waals surface area contributed by atoms with Crippen molar-refractivity contribution in [2.24, 2.45) is 4.99 Å². The monoisotopic (exact) mass is 343 g/mol. The first-order chi connectivity index (χ1) is 12.3. The lowest BCUT2D eigenvalue weighted by molar-refractivity contribution is -0.0817. The lowest BCUT2D eigenvalue weighted by Crippen LogP contribution is -2.53. The number of hydrogen-bond acceptors (Lipinski definition) is 4. The molecule has 0 spiro atoms. The van der Waals surface area contributed by atoms with E-state index in [0.29, 0.717) is 13.2 Å². The van der Waals surface area contributed by atoms with Gasteiger partial charge >= 0.3 is 0 Å². The molecule has 2 unspecified atom stereocenters. The molecule has 0 bridgehead atoms. The van der Waals surface area contributed by atoms with Crippen LogP contribution in [0.5, 0.6) is 0 Å². The highest BCUT2D eigenvalue weighted by molar-refractivity contribution is 5.80. The van der Waals surface area contributed by atoms with Crippen LogP contribution in [0.2, 0.25) is 0 Å². The summed E-state index contributed by atoms with van der Waals surface area (Å²) < 4.78 is 17.6. The van der Waals surface area contributed by atoms with Gasteiger partial charge in [0.05, 0.1) is 19.3 Å². The van der Waals surface area contributed by atoms with Crippen molar-refractivity contribution in [3.05, 3.63) is 36.1 Å². The zero-order valence-electron chi connectivity index (χ0n) is 14.6. The third kappa shape index (κ3) is 3.65. The molecule has 6 nitrogen and oxygen atoms in total. The summed E-state index contributed by atoms with van der Waals surface area (Å²) in [5.74, 6) is 1.79. The number of ether oxygens (including phenoxy) is 2. The second-order valence-corrected chi connectivity index (χ2v) is 6.56. The number of fused-ring (bicyclic) bond motifs is 1. The van der Waals surface area contributed by atoms with Crippen molar-refractivity contribution in [3.8, 4) is 0 Å². The molecule has 134 valence electrons. The molecule has 2 saturated heterocycles. The Labute approximate surface area is 147 Å². The Bertz CT molecular complexity index is 703. The summed E-state index contributed by atoms with van der Waals surface area (Å²) in [7, 11) is 1.82. The smallest absolute Gasteiger partial charge is 0.194 e. The maximum atomic E-state index is 5.92. The lowest BCUT2D eigenvalue weighted by Gasteiger charge is -2.37. The van der Waals surface area contributed by atoms with Gasteiger partial charge in [0.25, 0.3) is 0 Å². The second kappa shape index (κ2) is 7.45. The summed E-state index contributed by atoms with van der Waals surface area (Å²) in [5, 5.41) is 4.54. The molecule has 6 heteroatoms. The van der Waals surface area contributed by atoms with E-state index in [4.69, 9.17) is 13.9 Å². The number of para-hydroxylation sites is 1. The van der Waals surface area contributed by atoms with E-state index >= 15 is 0 Å². The van der Waals surface area contributed by atoms with Crippen LogP contribution in [-0.4, -0.2) is 56.4 Å². The van der Waals surface area contributed by atoms with Gasteiger partial charge in [-0.3, -0.25) is 4.99 Å². The molecule has 2 aliphatic heterocycles. The highest BCUT2D eigenvalue weighted by atomic mass is 16.5. The normalized spacial score (nSPS) is 24.8. The van der Waals surface area contributed by atoms with Crippen LogP contribution >= 0.6 is 0 Å². The van der Waals surface area contributed by atoms with Crippen molar-refractivity contribution in [3.63, 3.8) is 0 Å². The van der Waals surface area contributed by atoms with Gasteiger partial charge in [0.15, 0.2) is 5.96 Å². The second-order valence-electron chi connectivity index (χ2n) is 6.56. The van der Waals surface area contributed by atoms with E-state index in [2.05, 4.69) is 27.3 Å². The first-order valence-electron chi connectivity index (χ1n) is 9.00. The van der Waals surface area contributed by atoms with Crippen LogP contribution in [0.1, 0.15) is 18.6 Å². The van der Waals surface area contributed by atoms with Gasteiger partial charge in [-0.15, -0.1) is 0 Å². The number of hydrogen-bond donors (Lipinski definition) is 1. The quantitative estimate of drug-likeness (QED) is 0.685. The van der Waals surface area contributed by atoms with Crippen LogP contribution in [0.3, 0.4) is 0 Å². The first-order valence-corrected chi connectivity index (χ1v) is 9.00. The van der Waals surface area contributed by atoms with E-state index in [9.17, 15) is 0 Å². The maximum Gasteiger partial charge on any atom is 0.194 e. The number of nitrogens with one attached hydrogen (secondary N) is 1. The molecular formula is C19H25N3O3. The predicted molar refractivity (Wildman–Crippen MR) is 96.7 cm³/mol. The number of benzene rings is 1. The summed E-state index contributed by atoms with van der Waals surface area (Å²) in [6.07, 6.45) is 2.56. The summed E-state index contributed by atoms with van der Waals surface area (Å²) in [6, 6.07) is 10.1. The Morgan fingerprint density at radius 2 is 2.12 bits per heavy atom. The standard InChI is InChI=1S/C19H25N3O3/c1-20-19(21-12-15-11-14-5-2-3-6-16(14)25-15)22-8-10-24-18(13-22)17-7-4-9-23-17/h2-3,5-6,11,17-18H,4,7-10,12-13H2,1H3,(H,20,21). The Morgan fingerprint density at radius 3 is 2.92 bits per heavy atom. The van der Waals surface area contributed by atoms with Crippen LogP contribution in [0.15, 0.2) is 39.7 Å². The van der Waals surface area contributed by atoms with Crippen molar-refractivity contribution in [2.75, 3.05) is 33.4 Å². The Hall–Kier alpha value is -2.05. The molecule has 0 radical (unpaired) electrons. The molecule has 1 N–H and O–H groups in total. The van der Waals surface area contributed by atoms with Gasteiger partial charge < -0.3 is 24.1 Å². The molecule has 2 aliphatic rings. The SMILES string of the molecule is CN=C(NCc1cc2ccccc2o1)N1CCOC(C2CCCO2)C1. The van der Waals surface area contributed by atoms with Crippen LogP contribution in [-0.2, 0) is 16.0 Å². The van der Waals surface area contributed by atoms with E-state index in [1.54, 1.807) is 0 Å². The molecule has 3 heterocycles. The molecule has 0 aliphatic carbocycles. The van der Waals surface area contributed by atoms with Crippen LogP contribution in [0.4, 0.5) is 0 Å². The van der Waals surface area contributed by atoms with Gasteiger partial charge in [-0.1, -0.05) is 18.2 Å². The van der Waals surface area contributed by atoms with Gasteiger partial charge in [-0.2, -0.15) is 0 Å². The minimum Gasteiger partial charge on any atom is -0.459 e. The topological polar surface area (TPSA) is 59.2 Å². The molecule has 2 aromatic rings. The molecule has 0 amide bonds. The zero-order chi connectivity index (χ0) is 17.1. The van der Waals surface area contributed by atoms with Crippen molar-refractivity contribution >= 4 is 16.9 Å². The number of guanidine groups is 1. The molecule has 1 aromatic heterocycles. The molecule has 2 atom stereocenters. The van der Waals surface area contributed by atoms with Crippen LogP contribution < -0.4 is 5.32 Å². The van der Waals surface area contributed by atoms with Crippen molar-refractivity contribution in [2.45, 2.75) is 31.6 Å². The summed E-state index contributed by atoms with van der Waals surface area (Å²) in [4.78, 5) is 6.68. The van der Waals surface area contributed by atoms with Crippen molar-refractivity contribution in [1.82, 2.24) is 10.2 Å². The fraction of sp³-hybridized carbons (Fsp3) is 0.526. The molecule has 4 rings (SSSR count). The highest BCUT2D eigenvalue weighted by Crippen LogP contribution is 2.21. The lowest BCUT2D eigenvalue weighted by atomic mass is 10.1. The summed E-state index contributed by atoms with van der Waals surface area (Å²) in [6.45, 7) is 3.82. The van der Waals surface area contributed by atoms with Crippen LogP contribution in [0.25, 0.3) is 11.0 Å². The first kappa shape index (κ1) is 16.4. The molecular weight excluding hydrogens is 318 g/mol. The number of morpholine rings is 1. The van der Waals surface area contributed by atoms with Crippen molar-refractivity contribution in [1.29, 1.82) is 0 Å². The maximum absolute atomic E-state index is 5.92. The van der Waals surface area contributed by atoms with Gasteiger partial charge in [0.2, 0.25) is 0 Å². The Morgan fingerprint density at radius 1 is 1.24 bits per heavy atom. The summed E-state index contributed by atoms with van der Waals surface area (Å²) >= 11 is 0. The van der Waals surface area contributed by atoms with E-state index in [0.717, 1.165) is 55.2 Å². The molecule has 1 aromatic carbocycles. The molecule has 0 saturated carbocycles. The zero-order valence-corrected chi connectivity index (χ0v) is 14.6. The van der Waals surface area contributed by atoms with Crippen molar-refractivity contribution < 1.29 is 13.9 Å². The van der Waals surface area contributed by atoms with Gasteiger partial charge in [0, 0.05) is 32.1 Å². The third-order valence-corrected chi connectivity index (χ3v) is 4.88. The molecule has 2 fully saturated rings. The molecule has 25 heavy (non-hydrogen) atoms. The highest BCUT2D eigenvalue weighted by Gasteiger charge is 2.32. The number of nitrogens with zero attached hydrogens (tertiary/aromatic N) is 2. The average Bonchev–Trinajstić information content (AvgIpc) is 3.32. The minimum absolute atomic E-state index is 0.126. The largest absolute Gasteiger partial charge is 0.459 e. The third-order valence-electron chi connectivity index (χ3n) is 4.88. The predicted octanol–water partition coefficient (Wildman–Crippen LogP) is 2.39. The Kier molecular flexibility index (Phi) is 4.90. The van der Waals surface area contributed by atoms with Gasteiger partial charge in [-0.25, -0.2) is 0 Å². The number of furan rings is 1. The number of aliphatic imine (C=N–C) groups is 1. The van der Waals surface area contributed by atoms with Crippen LogP contribution in [0, 0.1) is 0 Å². The van der Waals surface area contributed by atoms with E-state index in [1.165, 1.54) is 0 Å². The van der Waals surface area contributed by atoms with E-state index in [1.807, 2.05) is 25.2 Å². The fourth-order valence-corrected chi connectivity index (χ4v) is 3.61. The average molecular weight is 343 g/mol.